The first-order valence-corrected chi connectivity index (χ1v) is 8.88. The molecular formula is C20F10N6. The zero-order valence-corrected chi connectivity index (χ0v) is 16.5. The van der Waals surface area contributed by atoms with Crippen molar-refractivity contribution >= 4 is 0 Å². The third-order valence-corrected chi connectivity index (χ3v) is 4.79. The summed E-state index contributed by atoms with van der Waals surface area (Å²) in [4.78, 5) is 13.3. The van der Waals surface area contributed by atoms with Gasteiger partial charge in [-0.15, -0.1) is 0 Å². The molecule has 0 spiro atoms. The minimum absolute atomic E-state index is 0.844. The second kappa shape index (κ2) is 8.42. The Morgan fingerprint density at radius 3 is 0.944 bits per heavy atom. The second-order valence-electron chi connectivity index (χ2n) is 6.63. The molecule has 2 aliphatic rings. The van der Waals surface area contributed by atoms with E-state index in [0.717, 1.165) is 12.4 Å². The van der Waals surface area contributed by atoms with Crippen molar-refractivity contribution in [3.8, 4) is 34.9 Å². The first kappa shape index (κ1) is 24.3. The SMILES string of the molecule is N#CN=c1c(-c2c(F)c(F)c(F)c(F)c2F)nc2c(=NC#N)c(-c3c(F)c(F)c(F)c(F)c3F)nc1=2. The van der Waals surface area contributed by atoms with Crippen LogP contribution in [0, 0.1) is 91.8 Å². The van der Waals surface area contributed by atoms with Gasteiger partial charge in [-0.05, 0) is 0 Å². The molecule has 0 aromatic heterocycles. The average Bonchev–Trinajstić information content (AvgIpc) is 3.37. The van der Waals surface area contributed by atoms with Crippen molar-refractivity contribution in [3.63, 3.8) is 0 Å². The highest BCUT2D eigenvalue weighted by Gasteiger charge is 2.32. The van der Waals surface area contributed by atoms with Gasteiger partial charge in [-0.2, -0.15) is 20.5 Å². The Kier molecular flexibility index (Phi) is 5.67. The van der Waals surface area contributed by atoms with E-state index < -0.39 is 102 Å². The third kappa shape index (κ3) is 3.18. The van der Waals surface area contributed by atoms with Crippen LogP contribution in [0.4, 0.5) is 43.9 Å². The minimum Gasteiger partial charge on any atom is -0.241 e. The molecule has 0 unspecified atom stereocenters. The fourth-order valence-corrected chi connectivity index (χ4v) is 3.28. The lowest BCUT2D eigenvalue weighted by Gasteiger charge is -2.07. The molecular weight excluding hydrogens is 514 g/mol. The van der Waals surface area contributed by atoms with Gasteiger partial charge >= 0.3 is 0 Å². The summed E-state index contributed by atoms with van der Waals surface area (Å²) < 4.78 is 139. The van der Waals surface area contributed by atoms with E-state index in [1.165, 1.54) is 0 Å². The van der Waals surface area contributed by atoms with Gasteiger partial charge in [-0.1, -0.05) is 0 Å². The van der Waals surface area contributed by atoms with Gasteiger partial charge in [0.1, 0.15) is 32.8 Å². The van der Waals surface area contributed by atoms with Crippen LogP contribution in [0.5, 0.6) is 0 Å². The molecule has 16 heteroatoms. The van der Waals surface area contributed by atoms with Gasteiger partial charge < -0.3 is 0 Å². The Morgan fingerprint density at radius 1 is 0.444 bits per heavy atom. The number of rotatable bonds is 2. The van der Waals surface area contributed by atoms with Crippen molar-refractivity contribution < 1.29 is 43.9 Å². The molecule has 2 aromatic rings. The Labute approximate surface area is 189 Å². The molecule has 0 bridgehead atoms. The van der Waals surface area contributed by atoms with Crippen LogP contribution in [0.25, 0.3) is 22.5 Å². The Morgan fingerprint density at radius 2 is 0.694 bits per heavy atom. The topological polar surface area (TPSA) is 98.1 Å². The summed E-state index contributed by atoms with van der Waals surface area (Å²) >= 11 is 0. The lowest BCUT2D eigenvalue weighted by molar-refractivity contribution is 0.381. The Balaban J connectivity index is 2.22. The molecule has 180 valence electrons. The van der Waals surface area contributed by atoms with E-state index in [0.29, 0.717) is 0 Å². The molecule has 36 heavy (non-hydrogen) atoms. The van der Waals surface area contributed by atoms with Crippen LogP contribution in [0.3, 0.4) is 0 Å². The maximum absolute atomic E-state index is 14.4. The highest BCUT2D eigenvalue weighted by Crippen LogP contribution is 2.31. The van der Waals surface area contributed by atoms with Crippen molar-refractivity contribution in [1.82, 2.24) is 9.97 Å². The zero-order valence-electron chi connectivity index (χ0n) is 16.5. The van der Waals surface area contributed by atoms with Crippen LogP contribution in [-0.2, 0) is 0 Å². The largest absolute Gasteiger partial charge is 0.241 e. The number of hydrogen-bond acceptors (Lipinski definition) is 6. The van der Waals surface area contributed by atoms with Crippen molar-refractivity contribution in [1.29, 1.82) is 10.5 Å². The average molecular weight is 514 g/mol. The molecule has 0 N–H and O–H groups in total. The number of halogens is 10. The van der Waals surface area contributed by atoms with E-state index in [1.807, 2.05) is 0 Å². The molecule has 4 rings (SSSR count). The molecule has 6 nitrogen and oxygen atoms in total. The Hall–Kier alpha value is -4.86. The van der Waals surface area contributed by atoms with Gasteiger partial charge in [0, 0.05) is 0 Å². The summed E-state index contributed by atoms with van der Waals surface area (Å²) in [7, 11) is 0. The quantitative estimate of drug-likeness (QED) is 0.177. The predicted octanol–water partition coefficient (Wildman–Crippen LogP) is 3.57. The van der Waals surface area contributed by atoms with Gasteiger partial charge in [0.25, 0.3) is 0 Å². The summed E-state index contributed by atoms with van der Waals surface area (Å²) in [6.07, 6.45) is 2.25. The van der Waals surface area contributed by atoms with E-state index in [1.54, 1.807) is 0 Å². The minimum atomic E-state index is -2.52. The van der Waals surface area contributed by atoms with E-state index >= 15 is 0 Å². The summed E-state index contributed by atoms with van der Waals surface area (Å²) in [6.45, 7) is 0. The first-order chi connectivity index (χ1) is 17.0. The smallest absolute Gasteiger partial charge is 0.206 e. The fraction of sp³-hybridized carbons (Fsp3) is 0. The van der Waals surface area contributed by atoms with E-state index in [9.17, 15) is 43.9 Å². The normalized spacial score (nSPS) is 12.4. The van der Waals surface area contributed by atoms with Crippen LogP contribution in [0.1, 0.15) is 0 Å². The summed E-state index contributed by atoms with van der Waals surface area (Å²) in [5.41, 5.74) is -5.72. The van der Waals surface area contributed by atoms with Gasteiger partial charge in [-0.3, -0.25) is 0 Å². The molecule has 2 aliphatic heterocycles. The second-order valence-corrected chi connectivity index (χ2v) is 6.63. The summed E-state index contributed by atoms with van der Waals surface area (Å²) in [6, 6.07) is 0. The molecule has 0 amide bonds. The van der Waals surface area contributed by atoms with Gasteiger partial charge in [-0.25, -0.2) is 53.9 Å². The van der Waals surface area contributed by atoms with Crippen molar-refractivity contribution in [2.45, 2.75) is 0 Å². The molecule has 0 fully saturated rings. The van der Waals surface area contributed by atoms with E-state index in [4.69, 9.17) is 10.5 Å². The fourth-order valence-electron chi connectivity index (χ4n) is 3.28. The molecule has 2 aromatic carbocycles. The van der Waals surface area contributed by atoms with Gasteiger partial charge in [0.05, 0.1) is 11.1 Å². The molecule has 0 radical (unpaired) electrons. The number of nitriles is 2. The zero-order chi connectivity index (χ0) is 26.6. The third-order valence-electron chi connectivity index (χ3n) is 4.79. The molecule has 0 aliphatic carbocycles. The highest BCUT2D eigenvalue weighted by atomic mass is 19.2. The van der Waals surface area contributed by atoms with Gasteiger partial charge in [0.2, 0.25) is 24.0 Å². The lowest BCUT2D eigenvalue weighted by atomic mass is 10.1. The number of benzene rings is 2. The van der Waals surface area contributed by atoms with Crippen LogP contribution in [0.2, 0.25) is 0 Å². The molecule has 0 saturated carbocycles. The van der Waals surface area contributed by atoms with Gasteiger partial charge in [0.15, 0.2) is 46.5 Å². The maximum Gasteiger partial charge on any atom is 0.206 e. The molecule has 0 saturated heterocycles. The van der Waals surface area contributed by atoms with Crippen LogP contribution in [0.15, 0.2) is 9.98 Å². The number of hydrogen-bond donors (Lipinski definition) is 0. The van der Waals surface area contributed by atoms with Crippen molar-refractivity contribution in [2.75, 3.05) is 0 Å². The summed E-state index contributed by atoms with van der Waals surface area (Å²) in [5, 5.41) is 14.2. The first-order valence-electron chi connectivity index (χ1n) is 8.88. The monoisotopic (exact) mass is 514 g/mol. The number of nitrogens with zero attached hydrogens (tertiary/aromatic N) is 6. The lowest BCUT2D eigenvalue weighted by Crippen LogP contribution is -2.13. The van der Waals surface area contributed by atoms with Crippen molar-refractivity contribution in [2.24, 2.45) is 9.98 Å². The van der Waals surface area contributed by atoms with E-state index in [2.05, 4.69) is 20.0 Å². The van der Waals surface area contributed by atoms with Crippen LogP contribution in [-0.4, -0.2) is 9.97 Å². The van der Waals surface area contributed by atoms with E-state index in [-0.39, 0.29) is 0 Å². The number of aromatic nitrogens is 2. The standard InChI is InChI=1S/C20F10N6/c21-5-3(6(22)10(26)13(29)9(5)25)15-17(33-1-31)19-20(35-15)18(34-2-32)16(36-19)4-7(23)11(27)14(30)12(28)8(4)24. The van der Waals surface area contributed by atoms with Crippen molar-refractivity contribution in [3.05, 3.63) is 79.6 Å². The summed E-state index contributed by atoms with van der Waals surface area (Å²) in [5.74, 6) is -24.2. The Bertz CT molecular complexity index is 1680. The maximum atomic E-state index is 14.4. The van der Waals surface area contributed by atoms with Crippen LogP contribution >= 0.6 is 0 Å². The highest BCUT2D eigenvalue weighted by molar-refractivity contribution is 5.65. The van der Waals surface area contributed by atoms with Crippen LogP contribution < -0.4 is 10.7 Å². The molecule has 2 heterocycles. The molecule has 0 atom stereocenters. The predicted molar refractivity (Wildman–Crippen MR) is 92.5 cm³/mol.